The average Bonchev–Trinajstić information content (AvgIpc) is 3.20. The lowest BCUT2D eigenvalue weighted by atomic mass is 10.1. The van der Waals surface area contributed by atoms with Crippen LogP contribution in [0.2, 0.25) is 0 Å². The Morgan fingerprint density at radius 2 is 1.67 bits per heavy atom. The molecule has 0 unspecified atom stereocenters. The molecule has 3 aromatic carbocycles. The highest BCUT2D eigenvalue weighted by atomic mass is 16.5. The van der Waals surface area contributed by atoms with Crippen molar-refractivity contribution in [2.45, 2.75) is 20.5 Å². The topological polar surface area (TPSA) is 48.2 Å². The van der Waals surface area contributed by atoms with E-state index in [4.69, 9.17) is 9.26 Å². The fourth-order valence-electron chi connectivity index (χ4n) is 2.86. The molecule has 0 radical (unpaired) electrons. The molecular weight excluding hydrogens is 336 g/mol. The molecular formula is C23H20N2O2. The van der Waals surface area contributed by atoms with Crippen LogP contribution < -0.4 is 4.74 Å². The number of hydrogen-bond acceptors (Lipinski definition) is 4. The number of aromatic nitrogens is 2. The standard InChI is InChI=1S/C23H20N2O2/c1-16-11-12-17(2)21(13-16)26-15-18-7-6-10-20(14-18)23-24-22(25-27-23)19-8-4-3-5-9-19/h3-14H,15H2,1-2H3. The second-order valence-electron chi connectivity index (χ2n) is 6.55. The molecule has 0 saturated heterocycles. The molecule has 0 N–H and O–H groups in total. The van der Waals surface area contributed by atoms with Crippen LogP contribution >= 0.6 is 0 Å². The van der Waals surface area contributed by atoms with Crippen molar-refractivity contribution in [2.24, 2.45) is 0 Å². The van der Waals surface area contributed by atoms with E-state index in [-0.39, 0.29) is 0 Å². The van der Waals surface area contributed by atoms with E-state index in [1.165, 1.54) is 5.56 Å². The van der Waals surface area contributed by atoms with Crippen LogP contribution in [-0.2, 0) is 6.61 Å². The molecule has 4 rings (SSSR count). The molecule has 1 heterocycles. The maximum atomic E-state index is 6.00. The maximum Gasteiger partial charge on any atom is 0.258 e. The van der Waals surface area contributed by atoms with E-state index in [0.29, 0.717) is 18.3 Å². The summed E-state index contributed by atoms with van der Waals surface area (Å²) in [5.74, 6) is 2.00. The Balaban J connectivity index is 1.53. The van der Waals surface area contributed by atoms with E-state index in [1.54, 1.807) is 0 Å². The Morgan fingerprint density at radius 3 is 2.52 bits per heavy atom. The molecule has 0 amide bonds. The van der Waals surface area contributed by atoms with Crippen LogP contribution in [0.1, 0.15) is 16.7 Å². The van der Waals surface area contributed by atoms with Gasteiger partial charge in [0.05, 0.1) is 0 Å². The van der Waals surface area contributed by atoms with Crippen LogP contribution in [-0.4, -0.2) is 10.1 Å². The monoisotopic (exact) mass is 356 g/mol. The van der Waals surface area contributed by atoms with E-state index in [2.05, 4.69) is 42.2 Å². The zero-order valence-corrected chi connectivity index (χ0v) is 15.3. The average molecular weight is 356 g/mol. The Kier molecular flexibility index (Phi) is 4.71. The summed E-state index contributed by atoms with van der Waals surface area (Å²) < 4.78 is 11.5. The van der Waals surface area contributed by atoms with Gasteiger partial charge >= 0.3 is 0 Å². The molecule has 0 spiro atoms. The molecule has 4 nitrogen and oxygen atoms in total. The smallest absolute Gasteiger partial charge is 0.258 e. The number of hydrogen-bond donors (Lipinski definition) is 0. The first-order chi connectivity index (χ1) is 13.2. The highest BCUT2D eigenvalue weighted by molar-refractivity contribution is 5.60. The third-order valence-corrected chi connectivity index (χ3v) is 4.37. The molecule has 134 valence electrons. The molecule has 0 saturated carbocycles. The first kappa shape index (κ1) is 17.0. The van der Waals surface area contributed by atoms with Gasteiger partial charge in [-0.1, -0.05) is 59.8 Å². The lowest BCUT2D eigenvalue weighted by molar-refractivity contribution is 0.304. The summed E-state index contributed by atoms with van der Waals surface area (Å²) in [6.45, 7) is 4.60. The van der Waals surface area contributed by atoms with Crippen molar-refractivity contribution in [3.63, 3.8) is 0 Å². The van der Waals surface area contributed by atoms with Gasteiger partial charge in [-0.3, -0.25) is 0 Å². The zero-order valence-electron chi connectivity index (χ0n) is 15.3. The summed E-state index contributed by atoms with van der Waals surface area (Å²) in [4.78, 5) is 4.52. The van der Waals surface area contributed by atoms with Gasteiger partial charge in [0.15, 0.2) is 0 Å². The van der Waals surface area contributed by atoms with Crippen LogP contribution in [0.5, 0.6) is 5.75 Å². The molecule has 0 fully saturated rings. The minimum atomic E-state index is 0.484. The Bertz CT molecular complexity index is 1050. The van der Waals surface area contributed by atoms with E-state index in [9.17, 15) is 0 Å². The Morgan fingerprint density at radius 1 is 0.852 bits per heavy atom. The van der Waals surface area contributed by atoms with Gasteiger partial charge in [0.1, 0.15) is 12.4 Å². The molecule has 4 heteroatoms. The van der Waals surface area contributed by atoms with Gasteiger partial charge in [0.2, 0.25) is 5.82 Å². The van der Waals surface area contributed by atoms with Crippen LogP contribution in [0.3, 0.4) is 0 Å². The van der Waals surface area contributed by atoms with E-state index >= 15 is 0 Å². The van der Waals surface area contributed by atoms with Crippen molar-refractivity contribution in [3.05, 3.63) is 89.5 Å². The maximum absolute atomic E-state index is 6.00. The lowest BCUT2D eigenvalue weighted by Gasteiger charge is -2.10. The minimum Gasteiger partial charge on any atom is -0.489 e. The molecule has 0 aliphatic heterocycles. The van der Waals surface area contributed by atoms with Gasteiger partial charge in [0, 0.05) is 11.1 Å². The van der Waals surface area contributed by atoms with Crippen LogP contribution in [0, 0.1) is 13.8 Å². The van der Waals surface area contributed by atoms with Gasteiger partial charge in [-0.15, -0.1) is 0 Å². The van der Waals surface area contributed by atoms with E-state index in [0.717, 1.165) is 28.0 Å². The summed E-state index contributed by atoms with van der Waals surface area (Å²) in [5.41, 5.74) is 5.17. The molecule has 0 bridgehead atoms. The van der Waals surface area contributed by atoms with Crippen molar-refractivity contribution in [1.82, 2.24) is 10.1 Å². The van der Waals surface area contributed by atoms with Crippen molar-refractivity contribution in [2.75, 3.05) is 0 Å². The third kappa shape index (κ3) is 3.90. The predicted molar refractivity (Wildman–Crippen MR) is 105 cm³/mol. The van der Waals surface area contributed by atoms with Crippen molar-refractivity contribution in [3.8, 4) is 28.6 Å². The molecule has 1 aromatic heterocycles. The fourth-order valence-corrected chi connectivity index (χ4v) is 2.86. The number of benzene rings is 3. The quantitative estimate of drug-likeness (QED) is 0.467. The second kappa shape index (κ2) is 7.46. The lowest BCUT2D eigenvalue weighted by Crippen LogP contribution is -1.97. The molecule has 27 heavy (non-hydrogen) atoms. The minimum absolute atomic E-state index is 0.484. The summed E-state index contributed by atoms with van der Waals surface area (Å²) in [5, 5.41) is 4.09. The van der Waals surface area contributed by atoms with Crippen LogP contribution in [0.4, 0.5) is 0 Å². The molecule has 0 atom stereocenters. The largest absolute Gasteiger partial charge is 0.489 e. The number of rotatable bonds is 5. The zero-order chi connectivity index (χ0) is 18.6. The van der Waals surface area contributed by atoms with Gasteiger partial charge in [-0.2, -0.15) is 4.98 Å². The number of nitrogens with zero attached hydrogens (tertiary/aromatic N) is 2. The normalized spacial score (nSPS) is 10.7. The highest BCUT2D eigenvalue weighted by Crippen LogP contribution is 2.24. The SMILES string of the molecule is Cc1ccc(C)c(OCc2cccc(-c3nc(-c4ccccc4)no3)c2)c1. The molecule has 4 aromatic rings. The summed E-state index contributed by atoms with van der Waals surface area (Å²) >= 11 is 0. The predicted octanol–water partition coefficient (Wildman–Crippen LogP) is 5.60. The first-order valence-corrected chi connectivity index (χ1v) is 8.87. The van der Waals surface area contributed by atoms with E-state index in [1.807, 2.05) is 54.6 Å². The Labute approximate surface area is 158 Å². The second-order valence-corrected chi connectivity index (χ2v) is 6.55. The third-order valence-electron chi connectivity index (χ3n) is 4.37. The highest BCUT2D eigenvalue weighted by Gasteiger charge is 2.11. The van der Waals surface area contributed by atoms with Crippen molar-refractivity contribution < 1.29 is 9.26 Å². The summed E-state index contributed by atoms with van der Waals surface area (Å²) in [7, 11) is 0. The fraction of sp³-hybridized carbons (Fsp3) is 0.130. The molecule has 0 aliphatic rings. The van der Waals surface area contributed by atoms with Crippen molar-refractivity contribution >= 4 is 0 Å². The Hall–Kier alpha value is -3.40. The van der Waals surface area contributed by atoms with Crippen LogP contribution in [0.15, 0.2) is 77.3 Å². The number of aryl methyl sites for hydroxylation is 2. The van der Waals surface area contributed by atoms with E-state index < -0.39 is 0 Å². The van der Waals surface area contributed by atoms with Crippen LogP contribution in [0.25, 0.3) is 22.8 Å². The number of ether oxygens (including phenoxy) is 1. The summed E-state index contributed by atoms with van der Waals surface area (Å²) in [6.07, 6.45) is 0. The summed E-state index contributed by atoms with van der Waals surface area (Å²) in [6, 6.07) is 24.0. The first-order valence-electron chi connectivity index (χ1n) is 8.87. The van der Waals surface area contributed by atoms with Gasteiger partial charge in [0.25, 0.3) is 5.89 Å². The van der Waals surface area contributed by atoms with Gasteiger partial charge in [-0.05, 0) is 48.7 Å². The van der Waals surface area contributed by atoms with Crippen molar-refractivity contribution in [1.29, 1.82) is 0 Å². The van der Waals surface area contributed by atoms with Gasteiger partial charge < -0.3 is 9.26 Å². The van der Waals surface area contributed by atoms with Gasteiger partial charge in [-0.25, -0.2) is 0 Å². The molecule has 0 aliphatic carbocycles.